The lowest BCUT2D eigenvalue weighted by Gasteiger charge is -2.44. The van der Waals surface area contributed by atoms with Crippen LogP contribution in [0.3, 0.4) is 0 Å². The summed E-state index contributed by atoms with van der Waals surface area (Å²) in [6.07, 6.45) is 8.61. The number of hydrogen-bond donors (Lipinski definition) is 1. The highest BCUT2D eigenvalue weighted by molar-refractivity contribution is 7.10. The van der Waals surface area contributed by atoms with Crippen molar-refractivity contribution >= 4 is 17.2 Å². The number of ether oxygens (including phenoxy) is 1. The highest BCUT2D eigenvalue weighted by Crippen LogP contribution is 2.43. The van der Waals surface area contributed by atoms with E-state index in [0.29, 0.717) is 5.92 Å². The van der Waals surface area contributed by atoms with Crippen molar-refractivity contribution in [3.8, 4) is 0 Å². The van der Waals surface area contributed by atoms with Gasteiger partial charge in [0.1, 0.15) is 0 Å². The first-order chi connectivity index (χ1) is 13.7. The summed E-state index contributed by atoms with van der Waals surface area (Å²) in [6.45, 7) is 4.44. The van der Waals surface area contributed by atoms with Crippen LogP contribution in [0.5, 0.6) is 0 Å². The van der Waals surface area contributed by atoms with Gasteiger partial charge in [0.15, 0.2) is 0 Å². The van der Waals surface area contributed by atoms with E-state index in [2.05, 4.69) is 21.7 Å². The fourth-order valence-corrected chi connectivity index (χ4v) is 5.91. The number of pyridine rings is 1. The minimum Gasteiger partial charge on any atom is -0.370 e. The van der Waals surface area contributed by atoms with Crippen LogP contribution < -0.4 is 5.32 Å². The largest absolute Gasteiger partial charge is 0.370 e. The molecule has 1 amide bonds. The summed E-state index contributed by atoms with van der Waals surface area (Å²) in [5.41, 5.74) is 3.08. The minimum absolute atomic E-state index is 0.107. The molecule has 2 saturated heterocycles. The predicted molar refractivity (Wildman–Crippen MR) is 110 cm³/mol. The van der Waals surface area contributed by atoms with Gasteiger partial charge in [-0.2, -0.15) is 0 Å². The van der Waals surface area contributed by atoms with Crippen molar-refractivity contribution in [2.45, 2.75) is 37.7 Å². The number of thiophene rings is 1. The lowest BCUT2D eigenvalue weighted by Crippen LogP contribution is -2.48. The molecule has 1 spiro atoms. The molecule has 5 rings (SSSR count). The summed E-state index contributed by atoms with van der Waals surface area (Å²) >= 11 is 1.84. The number of amides is 1. The number of fused-ring (bicyclic) bond motifs is 2. The fraction of sp³-hybridized carbons (Fsp3) is 0.545. The van der Waals surface area contributed by atoms with Gasteiger partial charge in [-0.15, -0.1) is 11.3 Å². The summed E-state index contributed by atoms with van der Waals surface area (Å²) in [7, 11) is 0. The van der Waals surface area contributed by atoms with E-state index in [-0.39, 0.29) is 11.5 Å². The molecule has 2 aromatic rings. The second kappa shape index (κ2) is 7.58. The van der Waals surface area contributed by atoms with Gasteiger partial charge < -0.3 is 15.0 Å². The van der Waals surface area contributed by atoms with Crippen LogP contribution in [0.1, 0.15) is 45.6 Å². The maximum absolute atomic E-state index is 13.1. The molecule has 28 heavy (non-hydrogen) atoms. The summed E-state index contributed by atoms with van der Waals surface area (Å²) in [6, 6.07) is 4.27. The fourth-order valence-electron chi connectivity index (χ4n) is 4.96. The molecule has 0 radical (unpaired) electrons. The molecular formula is C22H27N3O2S. The van der Waals surface area contributed by atoms with Crippen LogP contribution >= 0.6 is 11.3 Å². The predicted octanol–water partition coefficient (Wildman–Crippen LogP) is 3.00. The monoisotopic (exact) mass is 397 g/mol. The number of rotatable bonds is 3. The van der Waals surface area contributed by atoms with Crippen molar-refractivity contribution in [2.75, 3.05) is 32.8 Å². The Labute approximate surface area is 170 Å². The van der Waals surface area contributed by atoms with E-state index in [9.17, 15) is 4.79 Å². The zero-order chi connectivity index (χ0) is 19.0. The van der Waals surface area contributed by atoms with Gasteiger partial charge >= 0.3 is 0 Å². The number of nitrogens with one attached hydrogen (secondary N) is 1. The molecule has 0 saturated carbocycles. The Morgan fingerprint density at radius 1 is 1.36 bits per heavy atom. The van der Waals surface area contributed by atoms with Crippen LogP contribution in [0.2, 0.25) is 0 Å². The normalized spacial score (nSPS) is 23.7. The second-order valence-corrected chi connectivity index (χ2v) is 9.29. The van der Waals surface area contributed by atoms with Crippen molar-refractivity contribution in [3.05, 3.63) is 51.5 Å². The van der Waals surface area contributed by atoms with Crippen LogP contribution in [0.15, 0.2) is 29.9 Å². The van der Waals surface area contributed by atoms with E-state index in [1.807, 2.05) is 28.5 Å². The molecule has 148 valence electrons. The summed E-state index contributed by atoms with van der Waals surface area (Å²) < 4.78 is 6.27. The Bertz CT molecular complexity index is 851. The van der Waals surface area contributed by atoms with Crippen LogP contribution in [-0.2, 0) is 23.2 Å². The number of nitrogens with zero attached hydrogens (tertiary/aromatic N) is 2. The van der Waals surface area contributed by atoms with E-state index in [1.54, 1.807) is 6.20 Å². The number of piperidine rings is 1. The van der Waals surface area contributed by atoms with Gasteiger partial charge in [0.25, 0.3) is 5.91 Å². The van der Waals surface area contributed by atoms with Crippen LogP contribution in [0.25, 0.3) is 0 Å². The third-order valence-corrected chi connectivity index (χ3v) is 7.51. The van der Waals surface area contributed by atoms with Crippen LogP contribution in [0, 0.1) is 5.92 Å². The maximum Gasteiger partial charge on any atom is 0.255 e. The topological polar surface area (TPSA) is 54.5 Å². The number of likely N-dealkylation sites (tertiary alicyclic amines) is 1. The zero-order valence-corrected chi connectivity index (χ0v) is 17.0. The van der Waals surface area contributed by atoms with Crippen molar-refractivity contribution in [2.24, 2.45) is 5.92 Å². The Morgan fingerprint density at radius 3 is 3.07 bits per heavy atom. The molecule has 1 unspecified atom stereocenters. The molecule has 5 heterocycles. The first-order valence-electron chi connectivity index (χ1n) is 10.4. The van der Waals surface area contributed by atoms with Gasteiger partial charge in [0.05, 0.1) is 17.8 Å². The molecule has 2 fully saturated rings. The molecule has 3 aliphatic heterocycles. The molecule has 0 aliphatic carbocycles. The molecule has 5 nitrogen and oxygen atoms in total. The summed E-state index contributed by atoms with van der Waals surface area (Å²) in [5.74, 6) is 0.764. The Kier molecular flexibility index (Phi) is 4.95. The first-order valence-corrected chi connectivity index (χ1v) is 11.3. The van der Waals surface area contributed by atoms with E-state index >= 15 is 0 Å². The third kappa shape index (κ3) is 3.38. The van der Waals surface area contributed by atoms with E-state index in [0.717, 1.165) is 64.0 Å². The molecule has 3 aliphatic rings. The van der Waals surface area contributed by atoms with Crippen molar-refractivity contribution < 1.29 is 9.53 Å². The SMILES string of the molecule is O=C(c1cncc(CC2CCNC2)c1)N1CCC2(CC1)OCCc1sccc12. The average molecular weight is 398 g/mol. The molecule has 1 N–H and O–H groups in total. The van der Waals surface area contributed by atoms with Crippen molar-refractivity contribution in [3.63, 3.8) is 0 Å². The van der Waals surface area contributed by atoms with E-state index in [1.165, 1.54) is 22.4 Å². The van der Waals surface area contributed by atoms with Gasteiger partial charge in [-0.05, 0) is 73.3 Å². The molecule has 0 aromatic carbocycles. The van der Waals surface area contributed by atoms with E-state index < -0.39 is 0 Å². The van der Waals surface area contributed by atoms with Gasteiger partial charge in [-0.3, -0.25) is 9.78 Å². The van der Waals surface area contributed by atoms with E-state index in [4.69, 9.17) is 4.74 Å². The zero-order valence-electron chi connectivity index (χ0n) is 16.2. The van der Waals surface area contributed by atoms with Gasteiger partial charge in [-0.1, -0.05) is 0 Å². The maximum atomic E-state index is 13.1. The second-order valence-electron chi connectivity index (χ2n) is 8.29. The lowest BCUT2D eigenvalue weighted by atomic mass is 9.82. The van der Waals surface area contributed by atoms with Gasteiger partial charge in [0, 0.05) is 36.8 Å². The third-order valence-electron chi connectivity index (χ3n) is 6.53. The Balaban J connectivity index is 1.26. The highest BCUT2D eigenvalue weighted by Gasteiger charge is 2.42. The molecular weight excluding hydrogens is 370 g/mol. The molecule has 2 aromatic heterocycles. The Hall–Kier alpha value is -1.76. The van der Waals surface area contributed by atoms with Gasteiger partial charge in [-0.25, -0.2) is 0 Å². The summed E-state index contributed by atoms with van der Waals surface area (Å²) in [5, 5.41) is 5.58. The number of carbonyl (C=O) groups excluding carboxylic acids is 1. The number of hydrogen-bond acceptors (Lipinski definition) is 5. The Morgan fingerprint density at radius 2 is 2.25 bits per heavy atom. The highest BCUT2D eigenvalue weighted by atomic mass is 32.1. The average Bonchev–Trinajstić information content (AvgIpc) is 3.41. The quantitative estimate of drug-likeness (QED) is 0.865. The standard InChI is InChI=1S/C22H27N3O2S/c26-21(18-12-17(14-24-15-18)11-16-1-6-23-13-16)25-7-4-22(5-8-25)19-3-10-28-20(19)2-9-27-22/h3,10,12,14-16,23H,1-2,4-9,11,13H2. The van der Waals surface area contributed by atoms with Crippen LogP contribution in [-0.4, -0.2) is 48.6 Å². The van der Waals surface area contributed by atoms with Gasteiger partial charge in [0.2, 0.25) is 0 Å². The van der Waals surface area contributed by atoms with Crippen molar-refractivity contribution in [1.82, 2.24) is 15.2 Å². The van der Waals surface area contributed by atoms with Crippen molar-refractivity contribution in [1.29, 1.82) is 0 Å². The molecule has 0 bridgehead atoms. The first kappa shape index (κ1) is 18.3. The number of aromatic nitrogens is 1. The smallest absolute Gasteiger partial charge is 0.255 e. The summed E-state index contributed by atoms with van der Waals surface area (Å²) in [4.78, 5) is 20.9. The minimum atomic E-state index is -0.181. The molecule has 1 atom stereocenters. The van der Waals surface area contributed by atoms with Crippen LogP contribution in [0.4, 0.5) is 0 Å². The molecule has 6 heteroatoms. The lowest BCUT2D eigenvalue weighted by molar-refractivity contribution is -0.0926. The number of carbonyl (C=O) groups is 1.